The van der Waals surface area contributed by atoms with E-state index in [2.05, 4.69) is 15.6 Å². The number of pyridine rings is 1. The Hall–Kier alpha value is -2.34. The van der Waals surface area contributed by atoms with Crippen LogP contribution in [0.25, 0.3) is 0 Å². The average Bonchev–Trinajstić information content (AvgIpc) is 2.48. The molecular formula is C16H17N3O2S. The van der Waals surface area contributed by atoms with Crippen molar-refractivity contribution in [3.05, 3.63) is 54.2 Å². The molecule has 114 valence electrons. The van der Waals surface area contributed by atoms with Crippen molar-refractivity contribution in [2.24, 2.45) is 0 Å². The van der Waals surface area contributed by atoms with E-state index >= 15 is 0 Å². The number of carbonyl (C=O) groups is 2. The molecule has 0 fully saturated rings. The minimum absolute atomic E-state index is 0.124. The molecule has 0 aliphatic carbocycles. The molecule has 0 bridgehead atoms. The zero-order chi connectivity index (χ0) is 15.8. The number of nitrogens with zero attached hydrogens (tertiary/aromatic N) is 1. The fourth-order valence-corrected chi connectivity index (χ4v) is 2.39. The van der Waals surface area contributed by atoms with E-state index in [4.69, 9.17) is 0 Å². The molecule has 2 N–H and O–H groups in total. The summed E-state index contributed by atoms with van der Waals surface area (Å²) < 4.78 is 0. The number of hydrogen-bond donors (Lipinski definition) is 2. The molecule has 0 unspecified atom stereocenters. The predicted octanol–water partition coefficient (Wildman–Crippen LogP) is 2.70. The third-order valence-corrected chi connectivity index (χ3v) is 3.63. The van der Waals surface area contributed by atoms with Gasteiger partial charge in [0.15, 0.2) is 0 Å². The quantitative estimate of drug-likeness (QED) is 0.860. The van der Waals surface area contributed by atoms with Crippen LogP contribution in [0.3, 0.4) is 0 Å². The van der Waals surface area contributed by atoms with Crippen molar-refractivity contribution in [1.82, 2.24) is 4.98 Å². The normalized spacial score (nSPS) is 10.0. The zero-order valence-electron chi connectivity index (χ0n) is 12.2. The summed E-state index contributed by atoms with van der Waals surface area (Å²) in [6.07, 6.45) is 1.61. The number of aryl methyl sites for hydroxylation is 1. The van der Waals surface area contributed by atoms with Crippen molar-refractivity contribution in [2.45, 2.75) is 6.92 Å². The largest absolute Gasteiger partial charge is 0.325 e. The third-order valence-electron chi connectivity index (χ3n) is 2.70. The highest BCUT2D eigenvalue weighted by molar-refractivity contribution is 8.00. The molecular weight excluding hydrogens is 298 g/mol. The minimum Gasteiger partial charge on any atom is -0.325 e. The Bertz CT molecular complexity index is 647. The molecule has 1 aromatic heterocycles. The molecule has 0 aliphatic heterocycles. The van der Waals surface area contributed by atoms with Gasteiger partial charge in [-0.3, -0.25) is 9.59 Å². The summed E-state index contributed by atoms with van der Waals surface area (Å²) in [5.74, 6) is 0.645. The van der Waals surface area contributed by atoms with Crippen molar-refractivity contribution in [3.8, 4) is 0 Å². The second-order valence-corrected chi connectivity index (χ2v) is 5.66. The number of aromatic nitrogens is 1. The first kappa shape index (κ1) is 16.0. The van der Waals surface area contributed by atoms with Crippen LogP contribution in [0.5, 0.6) is 0 Å². The van der Waals surface area contributed by atoms with E-state index in [-0.39, 0.29) is 23.3 Å². The van der Waals surface area contributed by atoms with Gasteiger partial charge in [-0.1, -0.05) is 18.2 Å². The smallest absolute Gasteiger partial charge is 0.235 e. The minimum atomic E-state index is -0.174. The first-order chi connectivity index (χ1) is 10.6. The molecule has 5 nitrogen and oxygen atoms in total. The van der Waals surface area contributed by atoms with Gasteiger partial charge in [-0.2, -0.15) is 0 Å². The molecule has 1 aromatic carbocycles. The molecule has 2 amide bonds. The lowest BCUT2D eigenvalue weighted by molar-refractivity contribution is -0.114. The van der Waals surface area contributed by atoms with Crippen molar-refractivity contribution >= 4 is 35.1 Å². The number of carbonyl (C=O) groups excluding carboxylic acids is 2. The second kappa shape index (κ2) is 8.19. The molecule has 1 heterocycles. The second-order valence-electron chi connectivity index (χ2n) is 4.67. The molecule has 6 heteroatoms. The Morgan fingerprint density at radius 3 is 2.50 bits per heavy atom. The van der Waals surface area contributed by atoms with Crippen molar-refractivity contribution in [3.63, 3.8) is 0 Å². The van der Waals surface area contributed by atoms with Crippen LogP contribution < -0.4 is 10.6 Å². The number of rotatable bonds is 6. The molecule has 0 atom stereocenters. The van der Waals surface area contributed by atoms with E-state index < -0.39 is 0 Å². The lowest BCUT2D eigenvalue weighted by Gasteiger charge is -2.06. The van der Waals surface area contributed by atoms with Gasteiger partial charge < -0.3 is 10.6 Å². The Morgan fingerprint density at radius 1 is 1.05 bits per heavy atom. The van der Waals surface area contributed by atoms with Gasteiger partial charge in [0.25, 0.3) is 0 Å². The summed E-state index contributed by atoms with van der Waals surface area (Å²) in [6.45, 7) is 1.96. The highest BCUT2D eigenvalue weighted by Crippen LogP contribution is 2.10. The summed E-state index contributed by atoms with van der Waals surface area (Å²) in [5, 5.41) is 5.47. The molecule has 2 aromatic rings. The van der Waals surface area contributed by atoms with Crippen molar-refractivity contribution in [2.75, 3.05) is 22.1 Å². The summed E-state index contributed by atoms with van der Waals surface area (Å²) in [5.41, 5.74) is 1.85. The van der Waals surface area contributed by atoms with E-state index in [9.17, 15) is 9.59 Å². The third kappa shape index (κ3) is 5.57. The average molecular weight is 315 g/mol. The van der Waals surface area contributed by atoms with Gasteiger partial charge in [0.2, 0.25) is 11.8 Å². The maximum absolute atomic E-state index is 11.8. The number of hydrogen-bond acceptors (Lipinski definition) is 4. The number of anilines is 2. The van der Waals surface area contributed by atoms with E-state index in [1.165, 1.54) is 11.8 Å². The Labute approximate surface area is 133 Å². The predicted molar refractivity (Wildman–Crippen MR) is 90.0 cm³/mol. The van der Waals surface area contributed by atoms with Gasteiger partial charge in [0, 0.05) is 11.9 Å². The Kier molecular flexibility index (Phi) is 5.97. The van der Waals surface area contributed by atoms with E-state index in [0.717, 1.165) is 11.3 Å². The number of amides is 2. The molecule has 0 radical (unpaired) electrons. The topological polar surface area (TPSA) is 71.1 Å². The lowest BCUT2D eigenvalue weighted by Crippen LogP contribution is -2.18. The van der Waals surface area contributed by atoms with Crippen molar-refractivity contribution in [1.29, 1.82) is 0 Å². The van der Waals surface area contributed by atoms with Crippen LogP contribution in [-0.2, 0) is 9.59 Å². The molecule has 2 rings (SSSR count). The molecule has 0 aliphatic rings. The maximum atomic E-state index is 11.8. The summed E-state index contributed by atoms with van der Waals surface area (Å²) >= 11 is 1.26. The summed E-state index contributed by atoms with van der Waals surface area (Å²) in [6, 6.07) is 12.9. The molecule has 0 saturated heterocycles. The van der Waals surface area contributed by atoms with Crippen LogP contribution in [-0.4, -0.2) is 28.3 Å². The first-order valence-electron chi connectivity index (χ1n) is 6.78. The van der Waals surface area contributed by atoms with Gasteiger partial charge in [-0.25, -0.2) is 4.98 Å². The SMILES string of the molecule is Cc1cccc(NC(=O)CSCC(=O)Nc2ccccn2)c1. The highest BCUT2D eigenvalue weighted by Gasteiger charge is 2.07. The van der Waals surface area contributed by atoms with Crippen LogP contribution in [0.4, 0.5) is 11.5 Å². The summed E-state index contributed by atoms with van der Waals surface area (Å²) in [4.78, 5) is 27.5. The number of thioether (sulfide) groups is 1. The van der Waals surface area contributed by atoms with Crippen LogP contribution >= 0.6 is 11.8 Å². The maximum Gasteiger partial charge on any atom is 0.235 e. The van der Waals surface area contributed by atoms with Gasteiger partial charge in [-0.05, 0) is 36.8 Å². The summed E-state index contributed by atoms with van der Waals surface area (Å²) in [7, 11) is 0. The van der Waals surface area contributed by atoms with E-state index in [0.29, 0.717) is 5.82 Å². The molecule has 0 saturated carbocycles. The standard InChI is InChI=1S/C16H17N3O2S/c1-12-5-4-6-13(9-12)18-15(20)10-22-11-16(21)19-14-7-2-3-8-17-14/h2-9H,10-11H2,1H3,(H,18,20)(H,17,19,21). The van der Waals surface area contributed by atoms with Gasteiger partial charge in [0.1, 0.15) is 5.82 Å². The van der Waals surface area contributed by atoms with Gasteiger partial charge in [-0.15, -0.1) is 11.8 Å². The van der Waals surface area contributed by atoms with Crippen LogP contribution in [0.1, 0.15) is 5.56 Å². The first-order valence-corrected chi connectivity index (χ1v) is 7.94. The van der Waals surface area contributed by atoms with Crippen LogP contribution in [0, 0.1) is 6.92 Å². The molecule has 0 spiro atoms. The monoisotopic (exact) mass is 315 g/mol. The fraction of sp³-hybridized carbons (Fsp3) is 0.188. The van der Waals surface area contributed by atoms with E-state index in [1.54, 1.807) is 24.4 Å². The number of benzene rings is 1. The van der Waals surface area contributed by atoms with Gasteiger partial charge in [0.05, 0.1) is 11.5 Å². The zero-order valence-corrected chi connectivity index (χ0v) is 13.0. The highest BCUT2D eigenvalue weighted by atomic mass is 32.2. The lowest BCUT2D eigenvalue weighted by atomic mass is 10.2. The Morgan fingerprint density at radius 2 is 1.82 bits per heavy atom. The Balaban J connectivity index is 1.69. The number of nitrogens with one attached hydrogen (secondary N) is 2. The van der Waals surface area contributed by atoms with Crippen molar-refractivity contribution < 1.29 is 9.59 Å². The van der Waals surface area contributed by atoms with Crippen LogP contribution in [0.2, 0.25) is 0 Å². The van der Waals surface area contributed by atoms with Crippen LogP contribution in [0.15, 0.2) is 48.7 Å². The van der Waals surface area contributed by atoms with E-state index in [1.807, 2.05) is 31.2 Å². The fourth-order valence-electron chi connectivity index (χ4n) is 1.77. The van der Waals surface area contributed by atoms with Gasteiger partial charge >= 0.3 is 0 Å². The molecule has 22 heavy (non-hydrogen) atoms.